The third-order valence-corrected chi connectivity index (χ3v) is 4.46. The summed E-state index contributed by atoms with van der Waals surface area (Å²) in [6.45, 7) is 2.03. The lowest BCUT2D eigenvalue weighted by Gasteiger charge is -2.26. The monoisotopic (exact) mass is 379 g/mol. The zero-order chi connectivity index (χ0) is 17.8. The number of hydrogen-bond acceptors (Lipinski definition) is 4. The Hall–Kier alpha value is -2.15. The Labute approximate surface area is 154 Å². The van der Waals surface area contributed by atoms with Crippen molar-refractivity contribution in [3.05, 3.63) is 57.8 Å². The summed E-state index contributed by atoms with van der Waals surface area (Å²) in [6, 6.07) is 7.82. The number of nitrogens with one attached hydrogen (secondary N) is 1. The predicted molar refractivity (Wildman–Crippen MR) is 95.4 cm³/mol. The topological polar surface area (TPSA) is 71.5 Å². The lowest BCUT2D eigenvalue weighted by Crippen LogP contribution is -2.41. The Kier molecular flexibility index (Phi) is 5.53. The molecule has 1 aliphatic rings. The molecule has 1 fully saturated rings. The van der Waals surface area contributed by atoms with Crippen molar-refractivity contribution in [2.75, 3.05) is 31.6 Å². The molecule has 2 heterocycles. The Morgan fingerprint density at radius 1 is 1.08 bits per heavy atom. The molecule has 1 saturated heterocycles. The molecule has 1 aromatic heterocycles. The number of carbonyl (C=O) groups is 2. The first-order valence-electron chi connectivity index (χ1n) is 7.64. The highest BCUT2D eigenvalue weighted by Crippen LogP contribution is 2.25. The van der Waals surface area contributed by atoms with Crippen LogP contribution in [0.15, 0.2) is 36.5 Å². The van der Waals surface area contributed by atoms with Crippen molar-refractivity contribution in [1.82, 2.24) is 9.88 Å². The molecule has 1 aliphatic heterocycles. The number of ether oxygens (including phenoxy) is 1. The van der Waals surface area contributed by atoms with Gasteiger partial charge in [0.15, 0.2) is 0 Å². The molecule has 0 radical (unpaired) electrons. The van der Waals surface area contributed by atoms with Crippen LogP contribution >= 0.6 is 23.2 Å². The second-order valence-electron chi connectivity index (χ2n) is 5.42. The van der Waals surface area contributed by atoms with Gasteiger partial charge in [0.05, 0.1) is 23.3 Å². The van der Waals surface area contributed by atoms with E-state index in [9.17, 15) is 9.59 Å². The molecular weight excluding hydrogens is 365 g/mol. The number of anilines is 1. The molecule has 3 rings (SSSR count). The molecule has 6 nitrogen and oxygen atoms in total. The average molecular weight is 380 g/mol. The van der Waals surface area contributed by atoms with Crippen molar-refractivity contribution in [3.8, 4) is 0 Å². The number of pyridine rings is 1. The highest BCUT2D eigenvalue weighted by molar-refractivity contribution is 6.42. The summed E-state index contributed by atoms with van der Waals surface area (Å²) >= 11 is 11.8. The number of halogens is 2. The number of aromatic nitrogens is 1. The molecular formula is C17H15Cl2N3O3. The van der Waals surface area contributed by atoms with E-state index >= 15 is 0 Å². The maximum Gasteiger partial charge on any atom is 0.272 e. The van der Waals surface area contributed by atoms with Gasteiger partial charge in [0, 0.05) is 30.5 Å². The average Bonchev–Trinajstić information content (AvgIpc) is 2.65. The van der Waals surface area contributed by atoms with Gasteiger partial charge < -0.3 is 15.0 Å². The Morgan fingerprint density at radius 3 is 2.56 bits per heavy atom. The van der Waals surface area contributed by atoms with E-state index in [0.717, 1.165) is 0 Å². The van der Waals surface area contributed by atoms with Crippen molar-refractivity contribution < 1.29 is 14.3 Å². The molecule has 0 atom stereocenters. The van der Waals surface area contributed by atoms with Crippen molar-refractivity contribution in [2.45, 2.75) is 0 Å². The van der Waals surface area contributed by atoms with Crippen LogP contribution in [-0.2, 0) is 4.74 Å². The molecule has 25 heavy (non-hydrogen) atoms. The van der Waals surface area contributed by atoms with Crippen LogP contribution in [-0.4, -0.2) is 48.0 Å². The van der Waals surface area contributed by atoms with E-state index in [1.165, 1.54) is 12.3 Å². The highest BCUT2D eigenvalue weighted by atomic mass is 35.5. The molecule has 2 aromatic rings. The first-order chi connectivity index (χ1) is 12.0. The maximum atomic E-state index is 12.5. The minimum Gasteiger partial charge on any atom is -0.378 e. The number of rotatable bonds is 3. The summed E-state index contributed by atoms with van der Waals surface area (Å²) in [5.74, 6) is -0.579. The van der Waals surface area contributed by atoms with Crippen LogP contribution in [0, 0.1) is 0 Å². The molecule has 1 N–H and O–H groups in total. The zero-order valence-corrected chi connectivity index (χ0v) is 14.7. The second-order valence-corrected chi connectivity index (χ2v) is 6.23. The van der Waals surface area contributed by atoms with E-state index in [4.69, 9.17) is 27.9 Å². The standard InChI is InChI=1S/C17H15Cl2N3O3/c18-13-2-1-12(10-14(13)19)21-16(23)11-3-4-20-15(9-11)17(24)22-5-7-25-8-6-22/h1-4,9-10H,5-8H2,(H,21,23). The SMILES string of the molecule is O=C(Nc1ccc(Cl)c(Cl)c1)c1ccnc(C(=O)N2CCOCC2)c1. The van der Waals surface area contributed by atoms with Crippen LogP contribution in [0.4, 0.5) is 5.69 Å². The predicted octanol–water partition coefficient (Wildman–Crippen LogP) is 3.11. The zero-order valence-electron chi connectivity index (χ0n) is 13.2. The van der Waals surface area contributed by atoms with E-state index in [0.29, 0.717) is 47.6 Å². The van der Waals surface area contributed by atoms with Crippen LogP contribution in [0.25, 0.3) is 0 Å². The Morgan fingerprint density at radius 2 is 1.84 bits per heavy atom. The summed E-state index contributed by atoms with van der Waals surface area (Å²) < 4.78 is 5.23. The van der Waals surface area contributed by atoms with Crippen molar-refractivity contribution >= 4 is 40.7 Å². The molecule has 130 valence electrons. The summed E-state index contributed by atoms with van der Waals surface area (Å²) in [5.41, 5.74) is 1.07. The van der Waals surface area contributed by atoms with Gasteiger partial charge in [0.1, 0.15) is 5.69 Å². The fourth-order valence-electron chi connectivity index (χ4n) is 2.39. The van der Waals surface area contributed by atoms with Gasteiger partial charge in [-0.3, -0.25) is 14.6 Å². The fourth-order valence-corrected chi connectivity index (χ4v) is 2.69. The van der Waals surface area contributed by atoms with Gasteiger partial charge >= 0.3 is 0 Å². The number of benzene rings is 1. The van der Waals surface area contributed by atoms with Gasteiger partial charge in [-0.15, -0.1) is 0 Å². The van der Waals surface area contributed by atoms with Crippen LogP contribution in [0.5, 0.6) is 0 Å². The highest BCUT2D eigenvalue weighted by Gasteiger charge is 2.20. The molecule has 1 aromatic carbocycles. The van der Waals surface area contributed by atoms with Crippen LogP contribution in [0.2, 0.25) is 10.0 Å². The number of nitrogens with zero attached hydrogens (tertiary/aromatic N) is 2. The van der Waals surface area contributed by atoms with E-state index in [-0.39, 0.29) is 17.5 Å². The summed E-state index contributed by atoms with van der Waals surface area (Å²) in [4.78, 5) is 30.6. The minimum atomic E-state index is -0.364. The number of hydrogen-bond donors (Lipinski definition) is 1. The quantitative estimate of drug-likeness (QED) is 0.888. The third kappa shape index (κ3) is 4.28. The summed E-state index contributed by atoms with van der Waals surface area (Å²) in [7, 11) is 0. The molecule has 0 bridgehead atoms. The maximum absolute atomic E-state index is 12.5. The minimum absolute atomic E-state index is 0.215. The van der Waals surface area contributed by atoms with Crippen LogP contribution < -0.4 is 5.32 Å². The van der Waals surface area contributed by atoms with E-state index in [2.05, 4.69) is 10.3 Å². The molecule has 2 amide bonds. The molecule has 0 unspecified atom stereocenters. The molecule has 8 heteroatoms. The first-order valence-corrected chi connectivity index (χ1v) is 8.39. The van der Waals surface area contributed by atoms with Crippen molar-refractivity contribution in [3.63, 3.8) is 0 Å². The lowest BCUT2D eigenvalue weighted by molar-refractivity contribution is 0.0299. The summed E-state index contributed by atoms with van der Waals surface area (Å²) in [5, 5.41) is 3.47. The van der Waals surface area contributed by atoms with E-state index < -0.39 is 0 Å². The Bertz CT molecular complexity index is 807. The van der Waals surface area contributed by atoms with Gasteiger partial charge in [-0.1, -0.05) is 23.2 Å². The lowest BCUT2D eigenvalue weighted by atomic mass is 10.2. The number of amides is 2. The second kappa shape index (κ2) is 7.82. The largest absolute Gasteiger partial charge is 0.378 e. The number of morpholine rings is 1. The van der Waals surface area contributed by atoms with Gasteiger partial charge in [0.2, 0.25) is 0 Å². The Balaban J connectivity index is 1.74. The normalized spacial score (nSPS) is 14.2. The van der Waals surface area contributed by atoms with Gasteiger partial charge in [-0.05, 0) is 30.3 Å². The van der Waals surface area contributed by atoms with Gasteiger partial charge in [-0.2, -0.15) is 0 Å². The number of carbonyl (C=O) groups excluding carboxylic acids is 2. The molecule has 0 aliphatic carbocycles. The van der Waals surface area contributed by atoms with Crippen molar-refractivity contribution in [2.24, 2.45) is 0 Å². The molecule has 0 spiro atoms. The van der Waals surface area contributed by atoms with Crippen LogP contribution in [0.1, 0.15) is 20.8 Å². The smallest absolute Gasteiger partial charge is 0.272 e. The third-order valence-electron chi connectivity index (χ3n) is 3.72. The molecule has 0 saturated carbocycles. The fraction of sp³-hybridized carbons (Fsp3) is 0.235. The first kappa shape index (κ1) is 17.7. The van der Waals surface area contributed by atoms with E-state index in [1.807, 2.05) is 0 Å². The van der Waals surface area contributed by atoms with Gasteiger partial charge in [0.25, 0.3) is 11.8 Å². The van der Waals surface area contributed by atoms with Gasteiger partial charge in [-0.25, -0.2) is 0 Å². The van der Waals surface area contributed by atoms with Crippen molar-refractivity contribution in [1.29, 1.82) is 0 Å². The van der Waals surface area contributed by atoms with Crippen LogP contribution in [0.3, 0.4) is 0 Å². The summed E-state index contributed by atoms with van der Waals surface area (Å²) in [6.07, 6.45) is 1.44. The van der Waals surface area contributed by atoms with E-state index in [1.54, 1.807) is 29.2 Å².